The highest BCUT2D eigenvalue weighted by molar-refractivity contribution is 7.93. The van der Waals surface area contributed by atoms with Crippen molar-refractivity contribution in [3.63, 3.8) is 0 Å². The standard InChI is InChI=1S/C21H25NO3S/c1-16-5-9-19(10-6-16)22(15-18-13-14-21(18,3)25-4)26(23,24)20-11-7-17(2)8-12-20/h5-12,15H,13-14H2,1-4H3/b18-15+. The van der Waals surface area contributed by atoms with Crippen LogP contribution < -0.4 is 4.31 Å². The van der Waals surface area contributed by atoms with Gasteiger partial charge in [0.1, 0.15) is 0 Å². The molecule has 4 nitrogen and oxygen atoms in total. The number of hydrogen-bond donors (Lipinski definition) is 0. The van der Waals surface area contributed by atoms with Gasteiger partial charge >= 0.3 is 0 Å². The summed E-state index contributed by atoms with van der Waals surface area (Å²) in [5.74, 6) is 0. The molecule has 2 aromatic carbocycles. The van der Waals surface area contributed by atoms with Crippen LogP contribution in [0.15, 0.2) is 65.2 Å². The molecular formula is C21H25NO3S. The van der Waals surface area contributed by atoms with E-state index in [1.165, 1.54) is 4.31 Å². The summed E-state index contributed by atoms with van der Waals surface area (Å²) in [4.78, 5) is 0.277. The van der Waals surface area contributed by atoms with Gasteiger partial charge in [-0.1, -0.05) is 35.4 Å². The third-order valence-electron chi connectivity index (χ3n) is 5.14. The molecule has 0 saturated heterocycles. The molecule has 3 rings (SSSR count). The number of benzene rings is 2. The highest BCUT2D eigenvalue weighted by atomic mass is 32.2. The first-order valence-corrected chi connectivity index (χ1v) is 10.1. The fourth-order valence-corrected chi connectivity index (χ4v) is 4.37. The lowest BCUT2D eigenvalue weighted by Crippen LogP contribution is -2.40. The van der Waals surface area contributed by atoms with Crippen molar-refractivity contribution < 1.29 is 13.2 Å². The Hall–Kier alpha value is -2.11. The van der Waals surface area contributed by atoms with Crippen LogP contribution in [-0.4, -0.2) is 21.1 Å². The largest absolute Gasteiger partial charge is 0.374 e. The van der Waals surface area contributed by atoms with Gasteiger partial charge < -0.3 is 4.74 Å². The summed E-state index contributed by atoms with van der Waals surface area (Å²) in [5, 5.41) is 0. The molecule has 1 fully saturated rings. The zero-order valence-corrected chi connectivity index (χ0v) is 16.5. The van der Waals surface area contributed by atoms with E-state index in [-0.39, 0.29) is 4.90 Å². The predicted molar refractivity (Wildman–Crippen MR) is 105 cm³/mol. The molecule has 26 heavy (non-hydrogen) atoms. The van der Waals surface area contributed by atoms with Crippen LogP contribution in [0.3, 0.4) is 0 Å². The maximum atomic E-state index is 13.3. The van der Waals surface area contributed by atoms with E-state index in [2.05, 4.69) is 0 Å². The highest BCUT2D eigenvalue weighted by Gasteiger charge is 2.39. The van der Waals surface area contributed by atoms with Gasteiger partial charge in [0.15, 0.2) is 0 Å². The van der Waals surface area contributed by atoms with E-state index in [9.17, 15) is 8.42 Å². The molecule has 1 aliphatic rings. The minimum atomic E-state index is -3.71. The summed E-state index contributed by atoms with van der Waals surface area (Å²) >= 11 is 0. The Morgan fingerprint density at radius 2 is 1.54 bits per heavy atom. The Kier molecular flexibility index (Phi) is 4.95. The van der Waals surface area contributed by atoms with E-state index in [0.717, 1.165) is 29.5 Å². The van der Waals surface area contributed by atoms with Crippen molar-refractivity contribution in [2.24, 2.45) is 0 Å². The Labute approximate surface area is 156 Å². The lowest BCUT2D eigenvalue weighted by atomic mass is 9.76. The molecule has 1 unspecified atom stereocenters. The summed E-state index contributed by atoms with van der Waals surface area (Å²) < 4.78 is 33.7. The number of aryl methyl sites for hydroxylation is 2. The fourth-order valence-electron chi connectivity index (χ4n) is 3.00. The molecule has 5 heteroatoms. The van der Waals surface area contributed by atoms with Crippen LogP contribution in [0.1, 0.15) is 30.9 Å². The van der Waals surface area contributed by atoms with Crippen LogP contribution in [0, 0.1) is 13.8 Å². The number of anilines is 1. The Morgan fingerprint density at radius 3 is 2.00 bits per heavy atom. The van der Waals surface area contributed by atoms with E-state index < -0.39 is 15.6 Å². The molecule has 0 bridgehead atoms. The topological polar surface area (TPSA) is 46.6 Å². The van der Waals surface area contributed by atoms with Crippen LogP contribution in [0.2, 0.25) is 0 Å². The molecule has 0 N–H and O–H groups in total. The van der Waals surface area contributed by atoms with Gasteiger partial charge in [0.25, 0.3) is 10.0 Å². The van der Waals surface area contributed by atoms with Gasteiger partial charge in [0.2, 0.25) is 0 Å². The van der Waals surface area contributed by atoms with Crippen molar-refractivity contribution in [1.29, 1.82) is 0 Å². The number of methoxy groups -OCH3 is 1. The first-order valence-electron chi connectivity index (χ1n) is 8.70. The van der Waals surface area contributed by atoms with Crippen LogP contribution in [0.25, 0.3) is 0 Å². The molecule has 0 spiro atoms. The molecule has 0 radical (unpaired) electrons. The monoisotopic (exact) mass is 371 g/mol. The average Bonchev–Trinajstić information content (AvgIpc) is 2.62. The minimum Gasteiger partial charge on any atom is -0.374 e. The molecule has 1 atom stereocenters. The summed E-state index contributed by atoms with van der Waals surface area (Å²) in [6.07, 6.45) is 3.45. The van der Waals surface area contributed by atoms with E-state index in [1.807, 2.05) is 57.2 Å². The Bertz CT molecular complexity index is 911. The molecule has 0 heterocycles. The molecular weight excluding hydrogens is 346 g/mol. The van der Waals surface area contributed by atoms with Gasteiger partial charge in [-0.05, 0) is 63.5 Å². The number of nitrogens with zero attached hydrogens (tertiary/aromatic N) is 1. The summed E-state index contributed by atoms with van der Waals surface area (Å²) in [6, 6.07) is 14.4. The first kappa shape index (κ1) is 18.7. The number of hydrogen-bond acceptors (Lipinski definition) is 3. The molecule has 1 aliphatic carbocycles. The van der Waals surface area contributed by atoms with Crippen LogP contribution in [0.5, 0.6) is 0 Å². The van der Waals surface area contributed by atoms with Gasteiger partial charge in [-0.25, -0.2) is 12.7 Å². The Morgan fingerprint density at radius 1 is 1.00 bits per heavy atom. The average molecular weight is 372 g/mol. The third kappa shape index (κ3) is 3.41. The zero-order chi connectivity index (χ0) is 18.9. The van der Waals surface area contributed by atoms with E-state index in [4.69, 9.17) is 4.74 Å². The van der Waals surface area contributed by atoms with Gasteiger partial charge in [-0.3, -0.25) is 0 Å². The van der Waals surface area contributed by atoms with Gasteiger partial charge in [-0.15, -0.1) is 0 Å². The molecule has 1 saturated carbocycles. The lowest BCUT2D eigenvalue weighted by Gasteiger charge is -2.41. The van der Waals surface area contributed by atoms with E-state index in [1.54, 1.807) is 25.4 Å². The van der Waals surface area contributed by atoms with Crippen molar-refractivity contribution in [2.45, 2.75) is 44.1 Å². The highest BCUT2D eigenvalue weighted by Crippen LogP contribution is 2.41. The molecule has 0 aromatic heterocycles. The van der Waals surface area contributed by atoms with Crippen molar-refractivity contribution in [1.82, 2.24) is 0 Å². The molecule has 0 amide bonds. The van der Waals surface area contributed by atoms with Gasteiger partial charge in [0, 0.05) is 13.3 Å². The quantitative estimate of drug-likeness (QED) is 0.773. The fraction of sp³-hybridized carbons (Fsp3) is 0.333. The second-order valence-corrected chi connectivity index (χ2v) is 8.85. The van der Waals surface area contributed by atoms with Crippen LogP contribution in [0.4, 0.5) is 5.69 Å². The minimum absolute atomic E-state index is 0.277. The van der Waals surface area contributed by atoms with E-state index >= 15 is 0 Å². The second kappa shape index (κ2) is 6.89. The van der Waals surface area contributed by atoms with Crippen LogP contribution in [-0.2, 0) is 14.8 Å². The van der Waals surface area contributed by atoms with Crippen molar-refractivity contribution in [3.8, 4) is 0 Å². The maximum absolute atomic E-state index is 13.3. The van der Waals surface area contributed by atoms with Gasteiger partial charge in [-0.2, -0.15) is 0 Å². The van der Waals surface area contributed by atoms with Crippen molar-refractivity contribution in [2.75, 3.05) is 11.4 Å². The summed E-state index contributed by atoms with van der Waals surface area (Å²) in [5.41, 5.74) is 3.31. The normalized spacial score (nSPS) is 21.5. The number of sulfonamides is 1. The van der Waals surface area contributed by atoms with Crippen LogP contribution >= 0.6 is 0 Å². The number of rotatable bonds is 5. The lowest BCUT2D eigenvalue weighted by molar-refractivity contribution is -0.00440. The Balaban J connectivity index is 2.10. The smallest absolute Gasteiger partial charge is 0.268 e. The second-order valence-electron chi connectivity index (χ2n) is 7.04. The van der Waals surface area contributed by atoms with Crippen molar-refractivity contribution >= 4 is 15.7 Å². The number of ether oxygens (including phenoxy) is 1. The molecule has 138 valence electrons. The van der Waals surface area contributed by atoms with Gasteiger partial charge in [0.05, 0.1) is 16.2 Å². The predicted octanol–water partition coefficient (Wildman–Crippen LogP) is 4.58. The first-order chi connectivity index (χ1) is 12.3. The summed E-state index contributed by atoms with van der Waals surface area (Å²) in [6.45, 7) is 5.91. The summed E-state index contributed by atoms with van der Waals surface area (Å²) in [7, 11) is -2.05. The third-order valence-corrected chi connectivity index (χ3v) is 6.84. The SMILES string of the molecule is COC1(C)CC/C1=C\N(c1ccc(C)cc1)S(=O)(=O)c1ccc(C)cc1. The van der Waals surface area contributed by atoms with E-state index in [0.29, 0.717) is 5.69 Å². The zero-order valence-electron chi connectivity index (χ0n) is 15.7. The van der Waals surface area contributed by atoms with Crippen molar-refractivity contribution in [3.05, 3.63) is 71.4 Å². The molecule has 2 aromatic rings. The molecule has 0 aliphatic heterocycles. The maximum Gasteiger partial charge on any atom is 0.268 e.